The molecular weight excluding hydrogens is 296 g/mol. The Balaban J connectivity index is 2.27. The Morgan fingerprint density at radius 1 is 1.09 bits per heavy atom. The first-order chi connectivity index (χ1) is 11.0. The van der Waals surface area contributed by atoms with Gasteiger partial charge in [-0.05, 0) is 24.3 Å². The molecule has 6 nitrogen and oxygen atoms in total. The number of carbonyl (C=O) groups excluding carboxylic acids is 3. The normalized spacial score (nSPS) is 10.7. The molecule has 3 aromatic rings. The molecule has 0 saturated carbocycles. The highest BCUT2D eigenvalue weighted by molar-refractivity contribution is 6.13. The number of benzene rings is 1. The lowest BCUT2D eigenvalue weighted by Gasteiger charge is -2.02. The molecule has 0 unspecified atom stereocenters. The summed E-state index contributed by atoms with van der Waals surface area (Å²) >= 11 is 0. The molecular formula is C17H14N2O4. The van der Waals surface area contributed by atoms with Crippen LogP contribution >= 0.6 is 0 Å². The average Bonchev–Trinajstić information content (AvgIpc) is 2.87. The molecule has 0 saturated heterocycles. The van der Waals surface area contributed by atoms with Gasteiger partial charge in [0, 0.05) is 24.1 Å². The number of aromatic nitrogens is 1. The first-order valence-corrected chi connectivity index (χ1v) is 6.96. The number of nitrogens with one attached hydrogen (secondary N) is 1. The van der Waals surface area contributed by atoms with E-state index in [2.05, 4.69) is 5.32 Å². The maximum Gasteiger partial charge on any atom is 0.340 e. The molecule has 3 rings (SSSR count). The van der Waals surface area contributed by atoms with Crippen LogP contribution in [0, 0.1) is 0 Å². The Hall–Kier alpha value is -3.15. The number of pyridine rings is 1. The summed E-state index contributed by atoms with van der Waals surface area (Å²) in [5.74, 6) is -1.35. The molecule has 2 heterocycles. The van der Waals surface area contributed by atoms with Gasteiger partial charge in [-0.15, -0.1) is 0 Å². The molecule has 0 aliphatic rings. The monoisotopic (exact) mass is 310 g/mol. The van der Waals surface area contributed by atoms with Crippen LogP contribution < -0.4 is 5.32 Å². The van der Waals surface area contributed by atoms with Gasteiger partial charge >= 0.3 is 5.97 Å². The van der Waals surface area contributed by atoms with Crippen molar-refractivity contribution in [2.24, 2.45) is 0 Å². The quantitative estimate of drug-likeness (QED) is 0.736. The number of carbonyl (C=O) groups is 3. The van der Waals surface area contributed by atoms with Crippen LogP contribution in [-0.2, 0) is 9.53 Å². The molecule has 23 heavy (non-hydrogen) atoms. The lowest BCUT2D eigenvalue weighted by Crippen LogP contribution is -2.27. The van der Waals surface area contributed by atoms with Crippen LogP contribution in [0.15, 0.2) is 42.6 Å². The average molecular weight is 310 g/mol. The van der Waals surface area contributed by atoms with E-state index in [0.29, 0.717) is 27.5 Å². The SMILES string of the molecule is COC(=O)c1c2ccc(C(=O)NC(C)=O)cc2n2ccccc12. The standard InChI is InChI=1S/C17H14N2O4/c1-10(20)18-16(21)11-6-7-12-14(9-11)19-8-4-3-5-13(19)15(12)17(22)23-2/h3-9H,1-2H3,(H,18,20,21). The van der Waals surface area contributed by atoms with E-state index in [4.69, 9.17) is 4.74 Å². The Morgan fingerprint density at radius 2 is 1.87 bits per heavy atom. The fourth-order valence-corrected chi connectivity index (χ4v) is 2.63. The van der Waals surface area contributed by atoms with Crippen LogP contribution in [0.4, 0.5) is 0 Å². The summed E-state index contributed by atoms with van der Waals surface area (Å²) < 4.78 is 6.68. The van der Waals surface area contributed by atoms with Gasteiger partial charge in [-0.2, -0.15) is 0 Å². The summed E-state index contributed by atoms with van der Waals surface area (Å²) in [6.07, 6.45) is 1.80. The number of ether oxygens (including phenoxy) is 1. The van der Waals surface area contributed by atoms with Crippen LogP contribution in [0.1, 0.15) is 27.6 Å². The van der Waals surface area contributed by atoms with Crippen molar-refractivity contribution >= 4 is 34.2 Å². The Labute approximate surface area is 131 Å². The molecule has 0 atom stereocenters. The largest absolute Gasteiger partial charge is 0.465 e. The smallest absolute Gasteiger partial charge is 0.340 e. The number of fused-ring (bicyclic) bond motifs is 3. The molecule has 0 aliphatic heterocycles. The Bertz CT molecular complexity index is 956. The summed E-state index contributed by atoms with van der Waals surface area (Å²) in [6.45, 7) is 1.28. The summed E-state index contributed by atoms with van der Waals surface area (Å²) in [5, 5.41) is 2.92. The summed E-state index contributed by atoms with van der Waals surface area (Å²) in [6, 6.07) is 10.4. The van der Waals surface area contributed by atoms with Gasteiger partial charge in [-0.25, -0.2) is 4.79 Å². The number of esters is 1. The van der Waals surface area contributed by atoms with Crippen LogP contribution in [0.25, 0.3) is 16.4 Å². The predicted molar refractivity (Wildman–Crippen MR) is 84.4 cm³/mol. The fourth-order valence-electron chi connectivity index (χ4n) is 2.63. The van der Waals surface area contributed by atoms with Gasteiger partial charge in [0.05, 0.1) is 23.7 Å². The second kappa shape index (κ2) is 5.57. The van der Waals surface area contributed by atoms with E-state index in [-0.39, 0.29) is 0 Å². The van der Waals surface area contributed by atoms with Gasteiger partial charge < -0.3 is 9.14 Å². The van der Waals surface area contributed by atoms with Crippen molar-refractivity contribution in [2.75, 3.05) is 7.11 Å². The van der Waals surface area contributed by atoms with E-state index < -0.39 is 17.8 Å². The number of methoxy groups -OCH3 is 1. The molecule has 0 radical (unpaired) electrons. The number of nitrogens with zero attached hydrogens (tertiary/aromatic N) is 1. The summed E-state index contributed by atoms with van der Waals surface area (Å²) in [4.78, 5) is 35.1. The molecule has 1 N–H and O–H groups in total. The number of imide groups is 1. The zero-order valence-corrected chi connectivity index (χ0v) is 12.6. The molecule has 0 aliphatic carbocycles. The minimum absolute atomic E-state index is 0.340. The topological polar surface area (TPSA) is 76.9 Å². The third kappa shape index (κ3) is 2.44. The van der Waals surface area contributed by atoms with E-state index in [0.717, 1.165) is 0 Å². The number of hydrogen-bond donors (Lipinski definition) is 1. The minimum atomic E-state index is -0.482. The fraction of sp³-hybridized carbons (Fsp3) is 0.118. The van der Waals surface area contributed by atoms with Crippen LogP contribution in [-0.4, -0.2) is 29.3 Å². The Morgan fingerprint density at radius 3 is 2.57 bits per heavy atom. The van der Waals surface area contributed by atoms with E-state index in [1.807, 2.05) is 22.6 Å². The highest BCUT2D eigenvalue weighted by Crippen LogP contribution is 2.28. The zero-order chi connectivity index (χ0) is 16.6. The first-order valence-electron chi connectivity index (χ1n) is 6.96. The second-order valence-electron chi connectivity index (χ2n) is 5.06. The molecule has 0 fully saturated rings. The molecule has 116 valence electrons. The van der Waals surface area contributed by atoms with Crippen molar-refractivity contribution in [1.29, 1.82) is 0 Å². The molecule has 6 heteroatoms. The van der Waals surface area contributed by atoms with Crippen molar-refractivity contribution in [1.82, 2.24) is 9.72 Å². The third-order valence-corrected chi connectivity index (χ3v) is 3.58. The van der Waals surface area contributed by atoms with Crippen molar-refractivity contribution < 1.29 is 19.1 Å². The third-order valence-electron chi connectivity index (χ3n) is 3.58. The van der Waals surface area contributed by atoms with Crippen molar-refractivity contribution in [2.45, 2.75) is 6.92 Å². The maximum atomic E-state index is 12.1. The summed E-state index contributed by atoms with van der Waals surface area (Å²) in [7, 11) is 1.33. The van der Waals surface area contributed by atoms with E-state index in [9.17, 15) is 14.4 Å². The lowest BCUT2D eigenvalue weighted by molar-refractivity contribution is -0.118. The van der Waals surface area contributed by atoms with Crippen LogP contribution in [0.5, 0.6) is 0 Å². The predicted octanol–water partition coefficient (Wildman–Crippen LogP) is 2.16. The minimum Gasteiger partial charge on any atom is -0.465 e. The molecule has 1 aromatic carbocycles. The van der Waals surface area contributed by atoms with E-state index in [1.165, 1.54) is 14.0 Å². The first kappa shape index (κ1) is 14.8. The van der Waals surface area contributed by atoms with Crippen molar-refractivity contribution in [3.63, 3.8) is 0 Å². The van der Waals surface area contributed by atoms with Crippen molar-refractivity contribution in [3.8, 4) is 0 Å². The van der Waals surface area contributed by atoms with E-state index >= 15 is 0 Å². The van der Waals surface area contributed by atoms with Crippen LogP contribution in [0.3, 0.4) is 0 Å². The van der Waals surface area contributed by atoms with Gasteiger partial charge in [0.2, 0.25) is 5.91 Å². The molecule has 2 aromatic heterocycles. The zero-order valence-electron chi connectivity index (χ0n) is 12.6. The van der Waals surface area contributed by atoms with Gasteiger partial charge in [-0.1, -0.05) is 12.1 Å². The van der Waals surface area contributed by atoms with E-state index in [1.54, 1.807) is 24.4 Å². The number of rotatable bonds is 2. The molecule has 0 spiro atoms. The van der Waals surface area contributed by atoms with Gasteiger partial charge in [0.15, 0.2) is 0 Å². The number of amides is 2. The van der Waals surface area contributed by atoms with Gasteiger partial charge in [0.1, 0.15) is 0 Å². The number of hydrogen-bond acceptors (Lipinski definition) is 4. The Kier molecular flexibility index (Phi) is 3.57. The van der Waals surface area contributed by atoms with Crippen molar-refractivity contribution in [3.05, 3.63) is 53.7 Å². The van der Waals surface area contributed by atoms with Crippen LogP contribution in [0.2, 0.25) is 0 Å². The summed E-state index contributed by atoms with van der Waals surface area (Å²) in [5.41, 5.74) is 2.17. The molecule has 2 amide bonds. The molecule has 0 bridgehead atoms. The lowest BCUT2D eigenvalue weighted by atomic mass is 10.1. The maximum absolute atomic E-state index is 12.1. The van der Waals surface area contributed by atoms with Gasteiger partial charge in [0.25, 0.3) is 5.91 Å². The second-order valence-corrected chi connectivity index (χ2v) is 5.06. The highest BCUT2D eigenvalue weighted by Gasteiger charge is 2.19. The van der Waals surface area contributed by atoms with Gasteiger partial charge in [-0.3, -0.25) is 14.9 Å². The highest BCUT2D eigenvalue weighted by atomic mass is 16.5.